The van der Waals surface area contributed by atoms with Crippen LogP contribution in [0.15, 0.2) is 62.7 Å². The van der Waals surface area contributed by atoms with Gasteiger partial charge in [0.2, 0.25) is 5.89 Å². The lowest BCUT2D eigenvalue weighted by atomic mass is 10.2. The molecule has 0 spiro atoms. The summed E-state index contributed by atoms with van der Waals surface area (Å²) in [5.41, 5.74) is 1.04. The van der Waals surface area contributed by atoms with E-state index in [-0.39, 0.29) is 16.5 Å². The van der Waals surface area contributed by atoms with Crippen LogP contribution in [0.4, 0.5) is 6.01 Å². The minimum absolute atomic E-state index is 0.0339. The molecule has 0 saturated heterocycles. The van der Waals surface area contributed by atoms with E-state index in [2.05, 4.69) is 15.5 Å². The first-order valence-electron chi connectivity index (χ1n) is 8.44. The topological polar surface area (TPSA) is 102 Å². The molecule has 0 aliphatic carbocycles. The van der Waals surface area contributed by atoms with Gasteiger partial charge in [-0.25, -0.2) is 8.42 Å². The molecule has 0 radical (unpaired) electrons. The zero-order chi connectivity index (χ0) is 20.3. The Hall–Kier alpha value is -2.65. The molecule has 0 aliphatic heterocycles. The van der Waals surface area contributed by atoms with Gasteiger partial charge in [0.05, 0.1) is 10.1 Å². The van der Waals surface area contributed by atoms with Gasteiger partial charge in [0.1, 0.15) is 0 Å². The summed E-state index contributed by atoms with van der Waals surface area (Å²) in [5, 5.41) is 9.79. The number of thioether (sulfide) groups is 1. The molecule has 9 heteroatoms. The van der Waals surface area contributed by atoms with E-state index in [0.29, 0.717) is 5.89 Å². The van der Waals surface area contributed by atoms with E-state index in [9.17, 15) is 13.2 Å². The number of carbonyl (C=O) groups is 1. The first-order chi connectivity index (χ1) is 13.3. The number of rotatable bonds is 6. The van der Waals surface area contributed by atoms with Crippen molar-refractivity contribution < 1.29 is 17.6 Å². The lowest BCUT2D eigenvalue weighted by molar-refractivity contribution is 0.102. The third-order valence-corrected chi connectivity index (χ3v) is 6.92. The van der Waals surface area contributed by atoms with Crippen LogP contribution in [0, 0.1) is 0 Å². The number of amides is 1. The van der Waals surface area contributed by atoms with Gasteiger partial charge in [-0.05, 0) is 62.6 Å². The molecule has 1 heterocycles. The van der Waals surface area contributed by atoms with Crippen LogP contribution < -0.4 is 5.32 Å². The van der Waals surface area contributed by atoms with Gasteiger partial charge in [-0.15, -0.1) is 16.9 Å². The van der Waals surface area contributed by atoms with E-state index < -0.39 is 21.0 Å². The predicted molar refractivity (Wildman–Crippen MR) is 108 cm³/mol. The third-order valence-electron chi connectivity index (χ3n) is 4.03. The van der Waals surface area contributed by atoms with E-state index >= 15 is 0 Å². The van der Waals surface area contributed by atoms with Crippen LogP contribution in [0.2, 0.25) is 0 Å². The first kappa shape index (κ1) is 20.1. The molecule has 0 saturated carbocycles. The molecule has 3 rings (SSSR count). The number of hydrogen-bond donors (Lipinski definition) is 1. The van der Waals surface area contributed by atoms with Gasteiger partial charge >= 0.3 is 6.01 Å². The second-order valence-corrected chi connectivity index (χ2v) is 9.60. The summed E-state index contributed by atoms with van der Waals surface area (Å²) in [6, 6.07) is 13.3. The van der Waals surface area contributed by atoms with E-state index in [1.165, 1.54) is 24.3 Å². The Balaban J connectivity index is 1.74. The monoisotopic (exact) mass is 417 g/mol. The Morgan fingerprint density at radius 3 is 2.46 bits per heavy atom. The second-order valence-electron chi connectivity index (χ2n) is 6.22. The number of sulfone groups is 1. The Kier molecular flexibility index (Phi) is 5.85. The predicted octanol–water partition coefficient (Wildman–Crippen LogP) is 3.89. The van der Waals surface area contributed by atoms with Crippen molar-refractivity contribution >= 4 is 33.5 Å². The van der Waals surface area contributed by atoms with Crippen LogP contribution in [0.1, 0.15) is 24.2 Å². The van der Waals surface area contributed by atoms with Crippen molar-refractivity contribution in [2.75, 3.05) is 11.6 Å². The largest absolute Gasteiger partial charge is 0.403 e. The summed E-state index contributed by atoms with van der Waals surface area (Å²) in [6.07, 6.45) is 1.97. The Morgan fingerprint density at radius 2 is 1.82 bits per heavy atom. The highest BCUT2D eigenvalue weighted by Gasteiger charge is 2.20. The van der Waals surface area contributed by atoms with Crippen molar-refractivity contribution in [3.05, 3.63) is 54.1 Å². The molecule has 2 aromatic carbocycles. The summed E-state index contributed by atoms with van der Waals surface area (Å²) >= 11 is 1.59. The smallest absolute Gasteiger partial charge is 0.322 e. The fourth-order valence-corrected chi connectivity index (χ4v) is 3.90. The summed E-state index contributed by atoms with van der Waals surface area (Å²) in [7, 11) is -3.39. The van der Waals surface area contributed by atoms with Crippen molar-refractivity contribution in [1.82, 2.24) is 10.2 Å². The summed E-state index contributed by atoms with van der Waals surface area (Å²) < 4.78 is 29.8. The summed E-state index contributed by atoms with van der Waals surface area (Å²) in [4.78, 5) is 13.6. The molecule has 0 unspecified atom stereocenters. The lowest BCUT2D eigenvalue weighted by Crippen LogP contribution is -2.15. The number of nitrogens with zero attached hydrogens (tertiary/aromatic N) is 2. The van der Waals surface area contributed by atoms with Crippen molar-refractivity contribution in [1.29, 1.82) is 0 Å². The van der Waals surface area contributed by atoms with Gasteiger partial charge in [-0.3, -0.25) is 10.1 Å². The van der Waals surface area contributed by atoms with Crippen LogP contribution in [0.5, 0.6) is 0 Å². The quantitative estimate of drug-likeness (QED) is 0.607. The lowest BCUT2D eigenvalue weighted by Gasteiger charge is -2.08. The molecule has 0 aliphatic rings. The van der Waals surface area contributed by atoms with E-state index in [4.69, 9.17) is 4.42 Å². The number of aromatic nitrogens is 2. The number of benzene rings is 2. The molecular formula is C19H19N3O4S2. The van der Waals surface area contributed by atoms with Gasteiger partial charge in [-0.2, -0.15) is 0 Å². The average Bonchev–Trinajstić information content (AvgIpc) is 3.16. The molecule has 7 nitrogen and oxygen atoms in total. The fraction of sp³-hybridized carbons (Fsp3) is 0.211. The molecule has 0 bridgehead atoms. The standard InChI is InChI=1S/C19H19N3O4S2/c1-12(2)28(24,25)16-9-7-13(8-10-16)17(23)20-19-22-21-18(26-19)14-5-4-6-15(11-14)27-3/h4-12H,1-3H3,(H,20,22,23). The van der Waals surface area contributed by atoms with Crippen LogP contribution >= 0.6 is 11.8 Å². The molecule has 0 atom stereocenters. The van der Waals surface area contributed by atoms with E-state index in [0.717, 1.165) is 10.5 Å². The van der Waals surface area contributed by atoms with Crippen LogP contribution in [0.3, 0.4) is 0 Å². The maximum Gasteiger partial charge on any atom is 0.322 e. The fourth-order valence-electron chi connectivity index (χ4n) is 2.38. The van der Waals surface area contributed by atoms with Crippen LogP contribution in [-0.4, -0.2) is 36.0 Å². The summed E-state index contributed by atoms with van der Waals surface area (Å²) in [5.74, 6) is -0.175. The minimum Gasteiger partial charge on any atom is -0.403 e. The van der Waals surface area contributed by atoms with E-state index in [1.807, 2.05) is 30.5 Å². The van der Waals surface area contributed by atoms with Gasteiger partial charge in [0.25, 0.3) is 5.91 Å². The van der Waals surface area contributed by atoms with Gasteiger partial charge in [0.15, 0.2) is 9.84 Å². The van der Waals surface area contributed by atoms with Crippen molar-refractivity contribution in [2.45, 2.75) is 28.9 Å². The molecule has 146 valence electrons. The molecule has 28 heavy (non-hydrogen) atoms. The molecule has 1 aromatic heterocycles. The molecule has 1 amide bonds. The van der Waals surface area contributed by atoms with Crippen LogP contribution in [-0.2, 0) is 9.84 Å². The first-order valence-corrected chi connectivity index (χ1v) is 11.2. The summed E-state index contributed by atoms with van der Waals surface area (Å²) in [6.45, 7) is 3.22. The highest BCUT2D eigenvalue weighted by Crippen LogP contribution is 2.25. The highest BCUT2D eigenvalue weighted by molar-refractivity contribution is 7.98. The van der Waals surface area contributed by atoms with Gasteiger partial charge < -0.3 is 4.42 Å². The molecule has 3 aromatic rings. The van der Waals surface area contributed by atoms with Crippen LogP contribution in [0.25, 0.3) is 11.5 Å². The maximum atomic E-state index is 12.4. The third kappa shape index (κ3) is 4.26. The molecule has 0 fully saturated rings. The van der Waals surface area contributed by atoms with Crippen molar-refractivity contribution in [3.8, 4) is 11.5 Å². The van der Waals surface area contributed by atoms with E-state index in [1.54, 1.807) is 25.6 Å². The molecule has 1 N–H and O–H groups in total. The number of carbonyl (C=O) groups excluding carboxylic acids is 1. The van der Waals surface area contributed by atoms with Gasteiger partial charge in [-0.1, -0.05) is 11.2 Å². The van der Waals surface area contributed by atoms with Crippen molar-refractivity contribution in [2.24, 2.45) is 0 Å². The average molecular weight is 418 g/mol. The Morgan fingerprint density at radius 1 is 1.11 bits per heavy atom. The Bertz CT molecular complexity index is 1090. The minimum atomic E-state index is -3.39. The normalized spacial score (nSPS) is 11.6. The zero-order valence-electron chi connectivity index (χ0n) is 15.5. The zero-order valence-corrected chi connectivity index (χ0v) is 17.2. The van der Waals surface area contributed by atoms with Crippen molar-refractivity contribution in [3.63, 3.8) is 0 Å². The molecular weight excluding hydrogens is 398 g/mol. The maximum absolute atomic E-state index is 12.4. The SMILES string of the molecule is CSc1cccc(-c2nnc(NC(=O)c3ccc(S(=O)(=O)C(C)C)cc3)o2)c1. The second kappa shape index (κ2) is 8.15. The van der Waals surface area contributed by atoms with Gasteiger partial charge in [0, 0.05) is 16.0 Å². The highest BCUT2D eigenvalue weighted by atomic mass is 32.2. The number of anilines is 1. The Labute approximate surface area is 167 Å². The number of hydrogen-bond acceptors (Lipinski definition) is 7. The number of nitrogens with one attached hydrogen (secondary N) is 1.